The molecule has 0 aliphatic heterocycles. The zero-order valence-electron chi connectivity index (χ0n) is 21.1. The molecule has 39 heavy (non-hydrogen) atoms. The lowest BCUT2D eigenvalue weighted by atomic mass is 10.0. The number of amides is 2. The van der Waals surface area contributed by atoms with Gasteiger partial charge in [-0.15, -0.1) is 11.3 Å². The van der Waals surface area contributed by atoms with Gasteiger partial charge in [0, 0.05) is 23.1 Å². The molecule has 0 unspecified atom stereocenters. The van der Waals surface area contributed by atoms with Crippen molar-refractivity contribution in [3.63, 3.8) is 0 Å². The maximum absolute atomic E-state index is 13.5. The van der Waals surface area contributed by atoms with Gasteiger partial charge in [0.1, 0.15) is 11.0 Å². The molecule has 1 aromatic heterocycles. The van der Waals surface area contributed by atoms with E-state index in [2.05, 4.69) is 15.4 Å². The molecule has 9 nitrogen and oxygen atoms in total. The van der Waals surface area contributed by atoms with Gasteiger partial charge < -0.3 is 15.4 Å². The molecule has 3 N–H and O–H groups in total. The Morgan fingerprint density at radius 1 is 0.872 bits per heavy atom. The molecule has 0 spiro atoms. The van der Waals surface area contributed by atoms with Crippen molar-refractivity contribution < 1.29 is 22.7 Å². The van der Waals surface area contributed by atoms with Crippen molar-refractivity contribution >= 4 is 39.9 Å². The van der Waals surface area contributed by atoms with Crippen molar-refractivity contribution in [1.29, 1.82) is 0 Å². The highest BCUT2D eigenvalue weighted by Gasteiger charge is 2.26. The monoisotopic (exact) mass is 564 g/mol. The lowest BCUT2D eigenvalue weighted by molar-refractivity contribution is -0.123. The van der Waals surface area contributed by atoms with Crippen LogP contribution >= 0.6 is 11.3 Å². The fraction of sp³-hybridized carbons (Fsp3) is 0.179. The second-order valence-corrected chi connectivity index (χ2v) is 10.2. The third-order valence-corrected chi connectivity index (χ3v) is 7.26. The molecule has 0 aliphatic carbocycles. The van der Waals surface area contributed by atoms with Crippen molar-refractivity contribution in [1.82, 2.24) is 15.6 Å². The fourth-order valence-corrected chi connectivity index (χ4v) is 5.22. The van der Waals surface area contributed by atoms with Crippen molar-refractivity contribution in [3.8, 4) is 10.6 Å². The smallest absolute Gasteiger partial charge is 0.407 e. The lowest BCUT2D eigenvalue weighted by Gasteiger charge is -2.23. The number of methoxy groups -OCH3 is 1. The first-order valence-corrected chi connectivity index (χ1v) is 14.2. The first-order valence-electron chi connectivity index (χ1n) is 12.1. The highest BCUT2D eigenvalue weighted by Crippen LogP contribution is 2.28. The first kappa shape index (κ1) is 27.8. The average molecular weight is 565 g/mol. The molecule has 1 heterocycles. The van der Waals surface area contributed by atoms with Crippen molar-refractivity contribution in [2.45, 2.75) is 24.9 Å². The Hall–Kier alpha value is -4.22. The molecular weight excluding hydrogens is 536 g/mol. The Labute approximate surface area is 232 Å². The molecule has 0 saturated carbocycles. The summed E-state index contributed by atoms with van der Waals surface area (Å²) in [6.07, 6.45) is -0.0410. The molecule has 0 radical (unpaired) electrons. The van der Waals surface area contributed by atoms with Gasteiger partial charge in [0.25, 0.3) is 0 Å². The maximum Gasteiger partial charge on any atom is 0.407 e. The number of thiazole rings is 1. The van der Waals surface area contributed by atoms with E-state index in [1.54, 1.807) is 24.3 Å². The summed E-state index contributed by atoms with van der Waals surface area (Å²) in [5.74, 6) is -0.384. The van der Waals surface area contributed by atoms with Gasteiger partial charge in [0.05, 0.1) is 18.8 Å². The Morgan fingerprint density at radius 2 is 1.51 bits per heavy atom. The highest BCUT2D eigenvalue weighted by atomic mass is 32.2. The number of rotatable bonds is 11. The number of nitrogens with one attached hydrogen (secondary N) is 3. The van der Waals surface area contributed by atoms with Gasteiger partial charge in [-0.1, -0.05) is 72.8 Å². The van der Waals surface area contributed by atoms with E-state index in [-0.39, 0.29) is 12.3 Å². The summed E-state index contributed by atoms with van der Waals surface area (Å²) in [6.45, 7) is 0. The number of aromatic nitrogens is 1. The van der Waals surface area contributed by atoms with Gasteiger partial charge in [-0.25, -0.2) is 18.2 Å². The first-order chi connectivity index (χ1) is 18.9. The molecule has 0 saturated heterocycles. The van der Waals surface area contributed by atoms with Gasteiger partial charge in [-0.05, 0) is 29.7 Å². The van der Waals surface area contributed by atoms with Crippen LogP contribution in [0.15, 0.2) is 90.3 Å². The Morgan fingerprint density at radius 3 is 2.15 bits per heavy atom. The minimum Gasteiger partial charge on any atom is -0.453 e. The summed E-state index contributed by atoms with van der Waals surface area (Å²) < 4.78 is 29.1. The number of carbonyl (C=O) groups is 2. The SMILES string of the molecule is COC(=O)N[C@@H](Cc1ccccc1)C(=O)N[C@@H](Cc1ccc(N[SH](=O)=O)cc1)c1csc(-c2ccccc2)n1. The minimum atomic E-state index is -2.77. The zero-order valence-corrected chi connectivity index (χ0v) is 22.8. The number of ether oxygens (including phenoxy) is 1. The molecule has 202 valence electrons. The summed E-state index contributed by atoms with van der Waals surface area (Å²) in [5, 5.41) is 8.43. The lowest BCUT2D eigenvalue weighted by Crippen LogP contribution is -2.49. The number of carbonyl (C=O) groups excluding carboxylic acids is 2. The predicted octanol–water partition coefficient (Wildman–Crippen LogP) is 4.12. The normalized spacial score (nSPS) is 12.4. The van der Waals surface area contributed by atoms with Crippen LogP contribution in [0, 0.1) is 0 Å². The van der Waals surface area contributed by atoms with Gasteiger partial charge in [0.2, 0.25) is 16.8 Å². The largest absolute Gasteiger partial charge is 0.453 e. The molecule has 0 bridgehead atoms. The Kier molecular flexibility index (Phi) is 9.65. The van der Waals surface area contributed by atoms with Crippen LogP contribution in [0.2, 0.25) is 0 Å². The Balaban J connectivity index is 1.60. The Bertz CT molecular complexity index is 1450. The van der Waals surface area contributed by atoms with Crippen LogP contribution in [-0.2, 0) is 33.3 Å². The summed E-state index contributed by atoms with van der Waals surface area (Å²) in [6, 6.07) is 24.6. The molecule has 11 heteroatoms. The maximum atomic E-state index is 13.5. The third-order valence-electron chi connectivity index (χ3n) is 5.91. The summed E-state index contributed by atoms with van der Waals surface area (Å²) in [7, 11) is -1.52. The fourth-order valence-electron chi connectivity index (χ4n) is 3.98. The van der Waals surface area contributed by atoms with Crippen LogP contribution in [0.4, 0.5) is 10.5 Å². The van der Waals surface area contributed by atoms with E-state index < -0.39 is 29.1 Å². The van der Waals surface area contributed by atoms with E-state index in [0.717, 1.165) is 21.7 Å². The van der Waals surface area contributed by atoms with Gasteiger partial charge in [0.15, 0.2) is 0 Å². The van der Waals surface area contributed by atoms with Crippen LogP contribution in [0.5, 0.6) is 0 Å². The molecule has 4 aromatic rings. The number of hydrogen-bond acceptors (Lipinski definition) is 7. The summed E-state index contributed by atoms with van der Waals surface area (Å²) in [5.41, 5.74) is 3.83. The zero-order chi connectivity index (χ0) is 27.6. The molecule has 2 atom stereocenters. The summed E-state index contributed by atoms with van der Waals surface area (Å²) >= 11 is 1.47. The van der Waals surface area contributed by atoms with Crippen molar-refractivity contribution in [2.75, 3.05) is 11.8 Å². The second-order valence-electron chi connectivity index (χ2n) is 8.65. The van der Waals surface area contributed by atoms with E-state index in [0.29, 0.717) is 17.8 Å². The van der Waals surface area contributed by atoms with Crippen LogP contribution in [0.25, 0.3) is 10.6 Å². The van der Waals surface area contributed by atoms with Crippen LogP contribution in [0.1, 0.15) is 22.9 Å². The average Bonchev–Trinajstić information content (AvgIpc) is 3.44. The third kappa shape index (κ3) is 8.13. The standard InChI is InChI=1S/C28H28N4O5S2/c1-37-28(34)31-24(17-19-8-4-2-5-9-19)26(33)29-23(16-20-12-14-22(15-13-20)32-39(35)36)25-18-38-27(30-25)21-10-6-3-7-11-21/h2-15,18,23-24,39H,16-17H2,1H3,(H,29,33)(H,31,34)(H,32,35,36)/t23-,24-/m0/s1. The van der Waals surface area contributed by atoms with Gasteiger partial charge in [-0.3, -0.25) is 9.52 Å². The van der Waals surface area contributed by atoms with Crippen molar-refractivity contribution in [3.05, 3.63) is 107 Å². The van der Waals surface area contributed by atoms with E-state index in [9.17, 15) is 18.0 Å². The quantitative estimate of drug-likeness (QED) is 0.203. The number of anilines is 1. The molecule has 4 rings (SSSR count). The van der Waals surface area contributed by atoms with Crippen LogP contribution in [-0.4, -0.2) is 38.6 Å². The highest BCUT2D eigenvalue weighted by molar-refractivity contribution is 7.73. The van der Waals surface area contributed by atoms with E-state index in [1.807, 2.05) is 66.0 Å². The molecule has 3 aromatic carbocycles. The number of alkyl carbamates (subject to hydrolysis) is 1. The van der Waals surface area contributed by atoms with E-state index in [1.165, 1.54) is 18.4 Å². The molecule has 2 amide bonds. The van der Waals surface area contributed by atoms with Crippen LogP contribution < -0.4 is 15.4 Å². The van der Waals surface area contributed by atoms with Crippen LogP contribution in [0.3, 0.4) is 0 Å². The predicted molar refractivity (Wildman–Crippen MR) is 152 cm³/mol. The second kappa shape index (κ2) is 13.5. The van der Waals surface area contributed by atoms with Crippen molar-refractivity contribution in [2.24, 2.45) is 0 Å². The number of nitrogens with zero attached hydrogens (tertiary/aromatic N) is 1. The van der Waals surface area contributed by atoms with Gasteiger partial charge in [-0.2, -0.15) is 0 Å². The number of benzene rings is 3. The topological polar surface area (TPSA) is 126 Å². The van der Waals surface area contributed by atoms with E-state index in [4.69, 9.17) is 9.72 Å². The minimum absolute atomic E-state index is 0.272. The van der Waals surface area contributed by atoms with Gasteiger partial charge >= 0.3 is 6.09 Å². The van der Waals surface area contributed by atoms with E-state index >= 15 is 0 Å². The molecular formula is C28H28N4O5S2. The number of thiol groups is 1. The summed E-state index contributed by atoms with van der Waals surface area (Å²) in [4.78, 5) is 30.4. The molecule has 0 aliphatic rings. The number of hydrogen-bond donors (Lipinski definition) is 4. The molecule has 0 fully saturated rings.